The van der Waals surface area contributed by atoms with Crippen LogP contribution in [0.4, 0.5) is 0 Å². The molecular weight excluding hydrogens is 256 g/mol. The van der Waals surface area contributed by atoms with Gasteiger partial charge in [0.15, 0.2) is 0 Å². The summed E-state index contributed by atoms with van der Waals surface area (Å²) in [6.07, 6.45) is 2.19. The number of rotatable bonds is 5. The molecule has 1 N–H and O–H groups in total. The Morgan fingerprint density at radius 3 is 2.17 bits per heavy atom. The summed E-state index contributed by atoms with van der Waals surface area (Å²) in [6, 6.07) is 0. The molecule has 0 radical (unpaired) electrons. The SMILES string of the molecule is CCCC1(C(=O)O)CCN(S(=O)(=O)N(C)C)CC1. The highest BCUT2D eigenvalue weighted by atomic mass is 32.2. The van der Waals surface area contributed by atoms with Crippen LogP contribution in [-0.2, 0) is 15.0 Å². The first-order valence-electron chi connectivity index (χ1n) is 6.17. The molecule has 0 spiro atoms. The minimum atomic E-state index is -3.42. The van der Waals surface area contributed by atoms with Gasteiger partial charge in [0.2, 0.25) is 0 Å². The summed E-state index contributed by atoms with van der Waals surface area (Å²) in [7, 11) is -0.444. The van der Waals surface area contributed by atoms with Crippen LogP contribution in [0.15, 0.2) is 0 Å². The van der Waals surface area contributed by atoms with Crippen LogP contribution in [0.5, 0.6) is 0 Å². The van der Waals surface area contributed by atoms with Gasteiger partial charge >= 0.3 is 5.97 Å². The van der Waals surface area contributed by atoms with E-state index in [1.807, 2.05) is 6.92 Å². The van der Waals surface area contributed by atoms with E-state index in [1.165, 1.54) is 22.7 Å². The third-order valence-corrected chi connectivity index (χ3v) is 5.59. The van der Waals surface area contributed by atoms with Crippen molar-refractivity contribution in [2.24, 2.45) is 5.41 Å². The van der Waals surface area contributed by atoms with E-state index >= 15 is 0 Å². The topological polar surface area (TPSA) is 77.9 Å². The summed E-state index contributed by atoms with van der Waals surface area (Å²) in [5.41, 5.74) is -0.743. The highest BCUT2D eigenvalue weighted by molar-refractivity contribution is 7.86. The molecule has 0 atom stereocenters. The third kappa shape index (κ3) is 2.84. The van der Waals surface area contributed by atoms with Crippen molar-refractivity contribution in [3.8, 4) is 0 Å². The molecule has 1 aliphatic rings. The fraction of sp³-hybridized carbons (Fsp3) is 0.909. The minimum absolute atomic E-state index is 0.285. The summed E-state index contributed by atoms with van der Waals surface area (Å²) < 4.78 is 26.4. The number of carboxylic acids is 1. The Bertz CT molecular complexity index is 397. The number of hydrogen-bond donors (Lipinski definition) is 1. The van der Waals surface area contributed by atoms with Crippen LogP contribution in [0.3, 0.4) is 0 Å². The molecule has 0 aromatic carbocycles. The first kappa shape index (κ1) is 15.4. The molecule has 0 aromatic rings. The predicted octanol–water partition coefficient (Wildman–Crippen LogP) is 0.760. The zero-order valence-corrected chi connectivity index (χ0v) is 12.0. The highest BCUT2D eigenvalue weighted by Crippen LogP contribution is 2.37. The lowest BCUT2D eigenvalue weighted by Crippen LogP contribution is -2.49. The maximum atomic E-state index is 11.9. The number of piperidine rings is 1. The normalized spacial score (nSPS) is 21.1. The van der Waals surface area contributed by atoms with Gasteiger partial charge in [0, 0.05) is 27.2 Å². The van der Waals surface area contributed by atoms with E-state index < -0.39 is 21.6 Å². The third-order valence-electron chi connectivity index (χ3n) is 3.65. The van der Waals surface area contributed by atoms with Crippen LogP contribution >= 0.6 is 0 Å². The summed E-state index contributed by atoms with van der Waals surface area (Å²) >= 11 is 0. The van der Waals surface area contributed by atoms with E-state index in [0.29, 0.717) is 19.3 Å². The Hall–Kier alpha value is -0.660. The zero-order valence-electron chi connectivity index (χ0n) is 11.2. The number of carboxylic acid groups (broad SMARTS) is 1. The highest BCUT2D eigenvalue weighted by Gasteiger charge is 2.43. The second-order valence-electron chi connectivity index (χ2n) is 5.02. The summed E-state index contributed by atoms with van der Waals surface area (Å²) in [4.78, 5) is 11.4. The Morgan fingerprint density at radius 2 is 1.83 bits per heavy atom. The monoisotopic (exact) mass is 278 g/mol. The molecule has 7 heteroatoms. The maximum absolute atomic E-state index is 11.9. The zero-order chi connectivity index (χ0) is 14.0. The Labute approximate surface area is 109 Å². The standard InChI is InChI=1S/C11H22N2O4S/c1-4-5-11(10(14)15)6-8-13(9-7-11)18(16,17)12(2)3/h4-9H2,1-3H3,(H,14,15). The molecule has 1 aliphatic heterocycles. The first-order chi connectivity index (χ1) is 8.26. The molecule has 1 fully saturated rings. The molecule has 18 heavy (non-hydrogen) atoms. The van der Waals surface area contributed by atoms with Crippen LogP contribution in [-0.4, -0.2) is 55.3 Å². The van der Waals surface area contributed by atoms with E-state index in [-0.39, 0.29) is 13.1 Å². The van der Waals surface area contributed by atoms with Crippen LogP contribution in [0.1, 0.15) is 32.6 Å². The van der Waals surface area contributed by atoms with Gasteiger partial charge < -0.3 is 5.11 Å². The smallest absolute Gasteiger partial charge is 0.309 e. The van der Waals surface area contributed by atoms with E-state index in [4.69, 9.17) is 0 Å². The fourth-order valence-electron chi connectivity index (χ4n) is 2.43. The Balaban J connectivity index is 2.79. The second-order valence-corrected chi connectivity index (χ2v) is 7.17. The molecule has 0 aliphatic carbocycles. The lowest BCUT2D eigenvalue weighted by atomic mass is 9.75. The van der Waals surface area contributed by atoms with Crippen molar-refractivity contribution >= 4 is 16.2 Å². The molecule has 1 rings (SSSR count). The quantitative estimate of drug-likeness (QED) is 0.805. The molecule has 0 saturated carbocycles. The molecular formula is C11H22N2O4S. The van der Waals surface area contributed by atoms with Gasteiger partial charge in [0.05, 0.1) is 5.41 Å². The number of hydrogen-bond acceptors (Lipinski definition) is 3. The van der Waals surface area contributed by atoms with Crippen LogP contribution in [0, 0.1) is 5.41 Å². The van der Waals surface area contributed by atoms with Gasteiger partial charge in [0.25, 0.3) is 10.2 Å². The summed E-state index contributed by atoms with van der Waals surface area (Å²) in [5.74, 6) is -0.800. The van der Waals surface area contributed by atoms with Crippen molar-refractivity contribution in [1.29, 1.82) is 0 Å². The molecule has 0 bridgehead atoms. The largest absolute Gasteiger partial charge is 0.481 e. The van der Waals surface area contributed by atoms with E-state index in [1.54, 1.807) is 0 Å². The van der Waals surface area contributed by atoms with E-state index in [9.17, 15) is 18.3 Å². The lowest BCUT2D eigenvalue weighted by Gasteiger charge is -2.38. The average molecular weight is 278 g/mol. The van der Waals surface area contributed by atoms with Gasteiger partial charge in [-0.1, -0.05) is 13.3 Å². The fourth-order valence-corrected chi connectivity index (χ4v) is 3.53. The number of nitrogens with zero attached hydrogens (tertiary/aromatic N) is 2. The van der Waals surface area contributed by atoms with Gasteiger partial charge in [-0.25, -0.2) is 0 Å². The maximum Gasteiger partial charge on any atom is 0.309 e. The molecule has 0 aromatic heterocycles. The number of carbonyl (C=O) groups is 1. The molecule has 0 unspecified atom stereocenters. The lowest BCUT2D eigenvalue weighted by molar-refractivity contribution is -0.152. The van der Waals surface area contributed by atoms with Crippen molar-refractivity contribution in [3.63, 3.8) is 0 Å². The first-order valence-corrected chi connectivity index (χ1v) is 7.57. The van der Waals surface area contributed by atoms with Crippen molar-refractivity contribution in [1.82, 2.24) is 8.61 Å². The van der Waals surface area contributed by atoms with E-state index in [2.05, 4.69) is 0 Å². The Morgan fingerprint density at radius 1 is 1.33 bits per heavy atom. The predicted molar refractivity (Wildman–Crippen MR) is 68.4 cm³/mol. The summed E-state index contributed by atoms with van der Waals surface area (Å²) in [5, 5.41) is 9.34. The molecule has 0 amide bonds. The van der Waals surface area contributed by atoms with Gasteiger partial charge in [-0.05, 0) is 19.3 Å². The molecule has 1 heterocycles. The van der Waals surface area contributed by atoms with Crippen molar-refractivity contribution in [3.05, 3.63) is 0 Å². The van der Waals surface area contributed by atoms with Gasteiger partial charge in [-0.15, -0.1) is 0 Å². The average Bonchev–Trinajstić information content (AvgIpc) is 2.29. The molecule has 6 nitrogen and oxygen atoms in total. The molecule has 1 saturated heterocycles. The van der Waals surface area contributed by atoms with Gasteiger partial charge in [0.1, 0.15) is 0 Å². The molecule has 106 valence electrons. The van der Waals surface area contributed by atoms with Crippen LogP contribution in [0.25, 0.3) is 0 Å². The van der Waals surface area contributed by atoms with Crippen LogP contribution < -0.4 is 0 Å². The second kappa shape index (κ2) is 5.54. The van der Waals surface area contributed by atoms with E-state index in [0.717, 1.165) is 6.42 Å². The minimum Gasteiger partial charge on any atom is -0.481 e. The van der Waals surface area contributed by atoms with Gasteiger partial charge in [-0.3, -0.25) is 4.79 Å². The van der Waals surface area contributed by atoms with Crippen molar-refractivity contribution in [2.45, 2.75) is 32.6 Å². The van der Waals surface area contributed by atoms with Gasteiger partial charge in [-0.2, -0.15) is 17.0 Å². The van der Waals surface area contributed by atoms with Crippen molar-refractivity contribution < 1.29 is 18.3 Å². The number of aliphatic carboxylic acids is 1. The summed E-state index contributed by atoms with van der Waals surface area (Å²) in [6.45, 7) is 2.52. The Kier molecular flexibility index (Phi) is 4.74. The van der Waals surface area contributed by atoms with Crippen LogP contribution in [0.2, 0.25) is 0 Å². The van der Waals surface area contributed by atoms with Crippen molar-refractivity contribution in [2.75, 3.05) is 27.2 Å².